The Bertz CT molecular complexity index is 392. The summed E-state index contributed by atoms with van der Waals surface area (Å²) in [5, 5.41) is 3.53. The van der Waals surface area contributed by atoms with Gasteiger partial charge >= 0.3 is 0 Å². The number of hydrogen-bond acceptors (Lipinski definition) is 3. The van der Waals surface area contributed by atoms with Gasteiger partial charge in [0.2, 0.25) is 0 Å². The Morgan fingerprint density at radius 3 is 3.00 bits per heavy atom. The van der Waals surface area contributed by atoms with E-state index < -0.39 is 0 Å². The zero-order valence-electron chi connectivity index (χ0n) is 12.2. The van der Waals surface area contributed by atoms with Crippen molar-refractivity contribution in [3.05, 3.63) is 29.3 Å². The molecule has 0 amide bonds. The molecule has 106 valence electrons. The molecule has 0 bridgehead atoms. The van der Waals surface area contributed by atoms with E-state index in [2.05, 4.69) is 35.5 Å². The van der Waals surface area contributed by atoms with Crippen LogP contribution in [-0.4, -0.2) is 33.9 Å². The number of nitrogens with one attached hydrogen (secondary N) is 1. The van der Waals surface area contributed by atoms with Crippen LogP contribution in [0.1, 0.15) is 30.4 Å². The summed E-state index contributed by atoms with van der Waals surface area (Å²) in [6.07, 6.45) is 4.84. The maximum Gasteiger partial charge on any atom is 0.0462 e. The number of ether oxygens (including phenoxy) is 1. The fourth-order valence-electron chi connectivity index (χ4n) is 2.64. The molecule has 1 aliphatic heterocycles. The van der Waals surface area contributed by atoms with Crippen LogP contribution in [0.2, 0.25) is 0 Å². The van der Waals surface area contributed by atoms with Crippen LogP contribution in [0.25, 0.3) is 0 Å². The van der Waals surface area contributed by atoms with Crippen LogP contribution in [0.4, 0.5) is 5.69 Å². The SMILES string of the molecule is COCCCCCNCc1ccc2c(c1)CCN2C. The van der Waals surface area contributed by atoms with Crippen LogP contribution in [0, 0.1) is 0 Å². The molecule has 19 heavy (non-hydrogen) atoms. The topological polar surface area (TPSA) is 24.5 Å². The lowest BCUT2D eigenvalue weighted by atomic mass is 10.1. The number of hydrogen-bond donors (Lipinski definition) is 1. The second kappa shape index (κ2) is 7.51. The maximum atomic E-state index is 5.04. The number of likely N-dealkylation sites (N-methyl/N-ethyl adjacent to an activating group) is 1. The summed E-state index contributed by atoms with van der Waals surface area (Å²) >= 11 is 0. The number of anilines is 1. The van der Waals surface area contributed by atoms with E-state index in [4.69, 9.17) is 4.74 Å². The van der Waals surface area contributed by atoms with E-state index in [1.807, 2.05) is 0 Å². The summed E-state index contributed by atoms with van der Waals surface area (Å²) in [6, 6.07) is 6.87. The quantitative estimate of drug-likeness (QED) is 0.729. The minimum absolute atomic E-state index is 0.887. The molecule has 1 aromatic carbocycles. The Morgan fingerprint density at radius 1 is 1.26 bits per heavy atom. The number of benzene rings is 1. The predicted octanol–water partition coefficient (Wildman–Crippen LogP) is 2.59. The van der Waals surface area contributed by atoms with Gasteiger partial charge in [-0.1, -0.05) is 12.1 Å². The highest BCUT2D eigenvalue weighted by Crippen LogP contribution is 2.27. The van der Waals surface area contributed by atoms with Crippen molar-refractivity contribution in [2.45, 2.75) is 32.2 Å². The van der Waals surface area contributed by atoms with Gasteiger partial charge in [0.05, 0.1) is 0 Å². The fourth-order valence-corrected chi connectivity index (χ4v) is 2.64. The van der Waals surface area contributed by atoms with E-state index in [-0.39, 0.29) is 0 Å². The molecule has 3 nitrogen and oxygen atoms in total. The largest absolute Gasteiger partial charge is 0.385 e. The number of rotatable bonds is 8. The first kappa shape index (κ1) is 14.4. The van der Waals surface area contributed by atoms with Gasteiger partial charge < -0.3 is 15.0 Å². The molecule has 0 aromatic heterocycles. The van der Waals surface area contributed by atoms with Crippen LogP contribution in [0.15, 0.2) is 18.2 Å². The zero-order valence-corrected chi connectivity index (χ0v) is 12.2. The molecular weight excluding hydrogens is 236 g/mol. The van der Waals surface area contributed by atoms with Gasteiger partial charge in [-0.15, -0.1) is 0 Å². The average Bonchev–Trinajstić information content (AvgIpc) is 2.79. The molecule has 1 aromatic rings. The summed E-state index contributed by atoms with van der Waals surface area (Å²) < 4.78 is 5.04. The maximum absolute atomic E-state index is 5.04. The van der Waals surface area contributed by atoms with E-state index >= 15 is 0 Å². The lowest BCUT2D eigenvalue weighted by molar-refractivity contribution is 0.192. The number of methoxy groups -OCH3 is 1. The molecule has 0 saturated carbocycles. The molecule has 0 unspecified atom stereocenters. The molecule has 0 radical (unpaired) electrons. The van der Waals surface area contributed by atoms with Gasteiger partial charge in [0, 0.05) is 39.5 Å². The Labute approximate surface area is 116 Å². The Morgan fingerprint density at radius 2 is 2.16 bits per heavy atom. The molecule has 1 N–H and O–H groups in total. The van der Waals surface area contributed by atoms with Gasteiger partial charge in [-0.2, -0.15) is 0 Å². The molecular formula is C16H26N2O. The highest BCUT2D eigenvalue weighted by atomic mass is 16.5. The minimum Gasteiger partial charge on any atom is -0.385 e. The van der Waals surface area contributed by atoms with Crippen molar-refractivity contribution >= 4 is 5.69 Å². The second-order valence-electron chi connectivity index (χ2n) is 5.36. The van der Waals surface area contributed by atoms with Gasteiger partial charge in [-0.05, 0) is 49.4 Å². The Balaban J connectivity index is 1.67. The van der Waals surface area contributed by atoms with Gasteiger partial charge in [-0.3, -0.25) is 0 Å². The van der Waals surface area contributed by atoms with E-state index in [1.54, 1.807) is 7.11 Å². The van der Waals surface area contributed by atoms with Crippen molar-refractivity contribution in [3.8, 4) is 0 Å². The average molecular weight is 262 g/mol. The summed E-state index contributed by atoms with van der Waals surface area (Å²) in [5.74, 6) is 0. The first-order valence-electron chi connectivity index (χ1n) is 7.34. The predicted molar refractivity (Wildman–Crippen MR) is 80.8 cm³/mol. The molecule has 0 fully saturated rings. The third-order valence-corrected chi connectivity index (χ3v) is 3.80. The Hall–Kier alpha value is -1.06. The third kappa shape index (κ3) is 4.22. The van der Waals surface area contributed by atoms with Crippen molar-refractivity contribution < 1.29 is 4.74 Å². The number of fused-ring (bicyclic) bond motifs is 1. The molecule has 2 rings (SSSR count). The van der Waals surface area contributed by atoms with Crippen molar-refractivity contribution in [1.82, 2.24) is 5.32 Å². The molecule has 3 heteroatoms. The van der Waals surface area contributed by atoms with E-state index in [1.165, 1.54) is 42.5 Å². The Kier molecular flexibility index (Phi) is 5.67. The van der Waals surface area contributed by atoms with Crippen molar-refractivity contribution in [3.63, 3.8) is 0 Å². The normalized spacial score (nSPS) is 13.9. The van der Waals surface area contributed by atoms with Crippen LogP contribution in [-0.2, 0) is 17.7 Å². The van der Waals surface area contributed by atoms with Crippen LogP contribution < -0.4 is 10.2 Å². The lowest BCUT2D eigenvalue weighted by Crippen LogP contribution is -2.15. The molecule has 0 atom stereocenters. The van der Waals surface area contributed by atoms with Crippen molar-refractivity contribution in [2.75, 3.05) is 38.8 Å². The summed E-state index contributed by atoms with van der Waals surface area (Å²) in [5.41, 5.74) is 4.32. The van der Waals surface area contributed by atoms with Crippen LogP contribution in [0.5, 0.6) is 0 Å². The minimum atomic E-state index is 0.887. The highest BCUT2D eigenvalue weighted by Gasteiger charge is 2.15. The standard InChI is InChI=1S/C16H26N2O/c1-18-10-8-15-12-14(6-7-16(15)18)13-17-9-4-3-5-11-19-2/h6-7,12,17H,3-5,8-11,13H2,1-2H3. The molecule has 0 spiro atoms. The number of nitrogens with zero attached hydrogens (tertiary/aromatic N) is 1. The van der Waals surface area contributed by atoms with Crippen LogP contribution >= 0.6 is 0 Å². The molecule has 0 aliphatic carbocycles. The highest BCUT2D eigenvalue weighted by molar-refractivity contribution is 5.58. The van der Waals surface area contributed by atoms with Crippen molar-refractivity contribution in [1.29, 1.82) is 0 Å². The van der Waals surface area contributed by atoms with Gasteiger partial charge in [0.15, 0.2) is 0 Å². The third-order valence-electron chi connectivity index (χ3n) is 3.80. The molecule has 1 heterocycles. The summed E-state index contributed by atoms with van der Waals surface area (Å²) in [7, 11) is 3.94. The zero-order chi connectivity index (χ0) is 13.5. The summed E-state index contributed by atoms with van der Waals surface area (Å²) in [4.78, 5) is 2.34. The first-order chi connectivity index (χ1) is 9.31. The molecule has 0 saturated heterocycles. The first-order valence-corrected chi connectivity index (χ1v) is 7.34. The fraction of sp³-hybridized carbons (Fsp3) is 0.625. The van der Waals surface area contributed by atoms with E-state index in [9.17, 15) is 0 Å². The van der Waals surface area contributed by atoms with Crippen LogP contribution in [0.3, 0.4) is 0 Å². The van der Waals surface area contributed by atoms with Gasteiger partial charge in [0.1, 0.15) is 0 Å². The number of unbranched alkanes of at least 4 members (excludes halogenated alkanes) is 2. The molecule has 1 aliphatic rings. The smallest absolute Gasteiger partial charge is 0.0462 e. The van der Waals surface area contributed by atoms with E-state index in [0.717, 1.165) is 26.2 Å². The monoisotopic (exact) mass is 262 g/mol. The van der Waals surface area contributed by atoms with Gasteiger partial charge in [0.25, 0.3) is 0 Å². The lowest BCUT2D eigenvalue weighted by Gasteiger charge is -2.12. The van der Waals surface area contributed by atoms with E-state index in [0.29, 0.717) is 0 Å². The second-order valence-corrected chi connectivity index (χ2v) is 5.36. The van der Waals surface area contributed by atoms with Crippen molar-refractivity contribution in [2.24, 2.45) is 0 Å². The van der Waals surface area contributed by atoms with Gasteiger partial charge in [-0.25, -0.2) is 0 Å². The summed E-state index contributed by atoms with van der Waals surface area (Å²) in [6.45, 7) is 4.13.